The van der Waals surface area contributed by atoms with Crippen molar-refractivity contribution in [3.05, 3.63) is 29.3 Å². The molecule has 0 heterocycles. The van der Waals surface area contributed by atoms with Crippen molar-refractivity contribution in [1.29, 1.82) is 0 Å². The van der Waals surface area contributed by atoms with Crippen LogP contribution in [0.4, 0.5) is 0 Å². The fourth-order valence-electron chi connectivity index (χ4n) is 1.03. The van der Waals surface area contributed by atoms with Crippen LogP contribution in [0.2, 0.25) is 0 Å². The van der Waals surface area contributed by atoms with Gasteiger partial charge in [0, 0.05) is 5.56 Å². The molecule has 0 fully saturated rings. The van der Waals surface area contributed by atoms with E-state index in [1.54, 1.807) is 25.1 Å². The van der Waals surface area contributed by atoms with E-state index in [-0.39, 0.29) is 12.4 Å². The average Bonchev–Trinajstić information content (AvgIpc) is 2.18. The number of rotatable bonds is 4. The van der Waals surface area contributed by atoms with E-state index in [1.165, 1.54) is 0 Å². The van der Waals surface area contributed by atoms with Gasteiger partial charge >= 0.3 is 0 Å². The number of nitrogens with zero attached hydrogens (tertiary/aromatic N) is 1. The van der Waals surface area contributed by atoms with Crippen molar-refractivity contribution in [3.63, 3.8) is 0 Å². The number of carbonyl (C=O) groups is 1. The summed E-state index contributed by atoms with van der Waals surface area (Å²) >= 11 is 0. The maximum Gasteiger partial charge on any atom is 0.263 e. The molecule has 0 radical (unpaired) electrons. The van der Waals surface area contributed by atoms with Gasteiger partial charge in [-0.2, -0.15) is 0 Å². The molecule has 0 spiro atoms. The highest BCUT2D eigenvalue weighted by Crippen LogP contribution is 2.21. The fourth-order valence-corrected chi connectivity index (χ4v) is 1.03. The highest BCUT2D eigenvalue weighted by molar-refractivity contribution is 6.25. The molecule has 80 valence electrons. The Bertz CT molecular complexity index is 388. The first-order valence-corrected chi connectivity index (χ1v) is 4.33. The van der Waals surface area contributed by atoms with Gasteiger partial charge in [0.2, 0.25) is 0 Å². The molecule has 0 aromatic heterocycles. The third-order valence-corrected chi connectivity index (χ3v) is 1.80. The Balaban J connectivity index is 2.58. The standard InChI is InChI=1S/C10H12N2O3/c1-7-3-2-4-8(10(7)14)6-15-12-5-9(11)13/h2-5,14H,6H2,1H3,(H2,11,13)/b12-5+. The van der Waals surface area contributed by atoms with Crippen molar-refractivity contribution in [2.75, 3.05) is 0 Å². The number of carbonyl (C=O) groups excluding carboxylic acids is 1. The van der Waals surface area contributed by atoms with Crippen molar-refractivity contribution in [2.45, 2.75) is 13.5 Å². The minimum Gasteiger partial charge on any atom is -0.507 e. The molecule has 1 aromatic rings. The lowest BCUT2D eigenvalue weighted by atomic mass is 10.1. The summed E-state index contributed by atoms with van der Waals surface area (Å²) in [6.07, 6.45) is 0.868. The summed E-state index contributed by atoms with van der Waals surface area (Å²) in [6, 6.07) is 5.29. The van der Waals surface area contributed by atoms with Crippen LogP contribution >= 0.6 is 0 Å². The lowest BCUT2D eigenvalue weighted by molar-refractivity contribution is -0.111. The second-order valence-corrected chi connectivity index (χ2v) is 2.99. The molecule has 0 saturated heterocycles. The van der Waals surface area contributed by atoms with Gasteiger partial charge in [0.15, 0.2) is 0 Å². The third-order valence-electron chi connectivity index (χ3n) is 1.80. The van der Waals surface area contributed by atoms with Crippen molar-refractivity contribution >= 4 is 12.1 Å². The molecule has 0 aliphatic carbocycles. The van der Waals surface area contributed by atoms with Crippen LogP contribution in [0.15, 0.2) is 23.4 Å². The van der Waals surface area contributed by atoms with E-state index in [9.17, 15) is 9.90 Å². The molecule has 5 heteroatoms. The van der Waals surface area contributed by atoms with Gasteiger partial charge in [-0.05, 0) is 12.5 Å². The topological polar surface area (TPSA) is 84.9 Å². The van der Waals surface area contributed by atoms with Gasteiger partial charge in [0.25, 0.3) is 5.91 Å². The Labute approximate surface area is 87.1 Å². The number of phenolic OH excluding ortho intramolecular Hbond substituents is 1. The molecule has 0 saturated carbocycles. The largest absolute Gasteiger partial charge is 0.507 e. The van der Waals surface area contributed by atoms with Crippen LogP contribution in [-0.4, -0.2) is 17.2 Å². The zero-order chi connectivity index (χ0) is 11.3. The zero-order valence-corrected chi connectivity index (χ0v) is 8.30. The predicted octanol–water partition coefficient (Wildman–Crippen LogP) is 0.688. The molecule has 0 aliphatic heterocycles. The monoisotopic (exact) mass is 208 g/mol. The number of amides is 1. The molecule has 0 unspecified atom stereocenters. The SMILES string of the molecule is Cc1cccc(CO/N=C/C(N)=O)c1O. The molecule has 1 rings (SSSR count). The smallest absolute Gasteiger partial charge is 0.263 e. The van der Waals surface area contributed by atoms with Crippen LogP contribution in [0, 0.1) is 6.92 Å². The van der Waals surface area contributed by atoms with E-state index in [4.69, 9.17) is 10.6 Å². The number of phenols is 1. The Morgan fingerprint density at radius 1 is 1.67 bits per heavy atom. The molecule has 5 nitrogen and oxygen atoms in total. The van der Waals surface area contributed by atoms with Crippen LogP contribution < -0.4 is 5.73 Å². The van der Waals surface area contributed by atoms with Crippen molar-refractivity contribution in [3.8, 4) is 5.75 Å². The van der Waals surface area contributed by atoms with Gasteiger partial charge in [-0.15, -0.1) is 0 Å². The summed E-state index contributed by atoms with van der Waals surface area (Å²) in [5.41, 5.74) is 6.18. The summed E-state index contributed by atoms with van der Waals surface area (Å²) in [5, 5.41) is 12.9. The van der Waals surface area contributed by atoms with Crippen LogP contribution in [0.5, 0.6) is 5.75 Å². The second-order valence-electron chi connectivity index (χ2n) is 2.99. The van der Waals surface area contributed by atoms with Gasteiger partial charge in [0.1, 0.15) is 18.6 Å². The molecular weight excluding hydrogens is 196 g/mol. The number of nitrogens with two attached hydrogens (primary N) is 1. The predicted molar refractivity (Wildman–Crippen MR) is 55.3 cm³/mol. The maximum atomic E-state index is 10.3. The number of para-hydroxylation sites is 1. The molecule has 3 N–H and O–H groups in total. The third kappa shape index (κ3) is 3.30. The minimum absolute atomic E-state index is 0.0945. The molecule has 0 bridgehead atoms. The van der Waals surface area contributed by atoms with Crippen LogP contribution in [0.1, 0.15) is 11.1 Å². The lowest BCUT2D eigenvalue weighted by Crippen LogP contribution is -2.11. The van der Waals surface area contributed by atoms with E-state index in [0.29, 0.717) is 5.56 Å². The van der Waals surface area contributed by atoms with E-state index < -0.39 is 5.91 Å². The van der Waals surface area contributed by atoms with Gasteiger partial charge in [-0.3, -0.25) is 4.79 Å². The summed E-state index contributed by atoms with van der Waals surface area (Å²) in [4.78, 5) is 15.1. The molecule has 15 heavy (non-hydrogen) atoms. The van der Waals surface area contributed by atoms with E-state index in [0.717, 1.165) is 11.8 Å². The van der Waals surface area contributed by atoms with Crippen molar-refractivity contribution < 1.29 is 14.7 Å². The first-order valence-electron chi connectivity index (χ1n) is 4.33. The Kier molecular flexibility index (Phi) is 3.68. The Morgan fingerprint density at radius 3 is 3.07 bits per heavy atom. The first kappa shape index (κ1) is 11.0. The maximum absolute atomic E-state index is 10.3. The number of benzene rings is 1. The Hall–Kier alpha value is -2.04. The summed E-state index contributed by atoms with van der Waals surface area (Å²) in [5.74, 6) is -0.504. The van der Waals surface area contributed by atoms with Crippen LogP contribution in [0.3, 0.4) is 0 Å². The molecule has 0 atom stereocenters. The normalized spacial score (nSPS) is 10.5. The van der Waals surface area contributed by atoms with Crippen LogP contribution in [-0.2, 0) is 16.2 Å². The van der Waals surface area contributed by atoms with E-state index >= 15 is 0 Å². The van der Waals surface area contributed by atoms with E-state index in [2.05, 4.69) is 5.16 Å². The average molecular weight is 208 g/mol. The number of oxime groups is 1. The number of hydrogen-bond acceptors (Lipinski definition) is 4. The minimum atomic E-state index is -0.677. The van der Waals surface area contributed by atoms with Crippen molar-refractivity contribution in [2.24, 2.45) is 10.9 Å². The van der Waals surface area contributed by atoms with E-state index in [1.807, 2.05) is 0 Å². The highest BCUT2D eigenvalue weighted by atomic mass is 16.6. The van der Waals surface area contributed by atoms with Gasteiger partial charge < -0.3 is 15.7 Å². The zero-order valence-electron chi connectivity index (χ0n) is 8.30. The van der Waals surface area contributed by atoms with Gasteiger partial charge in [0.05, 0.1) is 0 Å². The van der Waals surface area contributed by atoms with Gasteiger partial charge in [-0.1, -0.05) is 23.4 Å². The van der Waals surface area contributed by atoms with Crippen molar-refractivity contribution in [1.82, 2.24) is 0 Å². The quantitative estimate of drug-likeness (QED) is 0.563. The fraction of sp³-hybridized carbons (Fsp3) is 0.200. The number of primary amides is 1. The first-order chi connectivity index (χ1) is 7.11. The Morgan fingerprint density at radius 2 is 2.40 bits per heavy atom. The molecule has 1 amide bonds. The van der Waals surface area contributed by atoms with Crippen LogP contribution in [0.25, 0.3) is 0 Å². The highest BCUT2D eigenvalue weighted by Gasteiger charge is 2.03. The summed E-state index contributed by atoms with van der Waals surface area (Å²) in [7, 11) is 0. The molecule has 0 aliphatic rings. The molecular formula is C10H12N2O3. The summed E-state index contributed by atoms with van der Waals surface area (Å²) < 4.78 is 0. The van der Waals surface area contributed by atoms with Gasteiger partial charge in [-0.25, -0.2) is 0 Å². The number of hydrogen-bond donors (Lipinski definition) is 2. The number of aromatic hydroxyl groups is 1. The molecule has 1 aromatic carbocycles. The number of aryl methyl sites for hydroxylation is 1. The second kappa shape index (κ2) is 4.99. The summed E-state index contributed by atoms with van der Waals surface area (Å²) in [6.45, 7) is 1.88. The lowest BCUT2D eigenvalue weighted by Gasteiger charge is -2.04.